The number of fused-ring (bicyclic) bond motifs is 1. The third kappa shape index (κ3) is 6.70. The molecule has 0 radical (unpaired) electrons. The van der Waals surface area contributed by atoms with Gasteiger partial charge in [-0.25, -0.2) is 9.48 Å². The third-order valence-electron chi connectivity index (χ3n) is 7.87. The van der Waals surface area contributed by atoms with Crippen LogP contribution < -0.4 is 15.5 Å². The number of carbonyl (C=O) groups is 1. The van der Waals surface area contributed by atoms with E-state index in [1.54, 1.807) is 4.90 Å². The minimum absolute atomic E-state index is 0.142. The molecule has 1 atom stereocenters. The number of likely N-dealkylation sites (tertiary alicyclic amines) is 1. The summed E-state index contributed by atoms with van der Waals surface area (Å²) in [5, 5.41) is 12.6. The fourth-order valence-corrected chi connectivity index (χ4v) is 5.65. The van der Waals surface area contributed by atoms with E-state index in [2.05, 4.69) is 44.9 Å². The predicted molar refractivity (Wildman–Crippen MR) is 161 cm³/mol. The molecule has 1 unspecified atom stereocenters. The maximum atomic E-state index is 12.6. The Kier molecular flexibility index (Phi) is 8.34. The van der Waals surface area contributed by atoms with Crippen LogP contribution in [0.5, 0.6) is 0 Å². The van der Waals surface area contributed by atoms with Crippen molar-refractivity contribution < 1.29 is 19.0 Å². The van der Waals surface area contributed by atoms with Crippen molar-refractivity contribution in [2.45, 2.75) is 70.7 Å². The number of hydrogen-bond donors (Lipinski definition) is 2. The lowest BCUT2D eigenvalue weighted by atomic mass is 10.1. The molecule has 0 bridgehead atoms. The van der Waals surface area contributed by atoms with Crippen LogP contribution in [0.1, 0.15) is 59.1 Å². The van der Waals surface area contributed by atoms with Gasteiger partial charge in [-0.2, -0.15) is 15.1 Å². The summed E-state index contributed by atoms with van der Waals surface area (Å²) in [6.45, 7) is 10.9. The number of benzene rings is 1. The highest BCUT2D eigenvalue weighted by Gasteiger charge is 2.28. The first-order valence-corrected chi connectivity index (χ1v) is 15.1. The van der Waals surface area contributed by atoms with E-state index in [1.165, 1.54) is 5.69 Å². The Labute approximate surface area is 246 Å². The van der Waals surface area contributed by atoms with Gasteiger partial charge in [0.05, 0.1) is 24.8 Å². The lowest BCUT2D eigenvalue weighted by molar-refractivity contribution is -0.0370. The quantitative estimate of drug-likeness (QED) is 0.417. The fourth-order valence-electron chi connectivity index (χ4n) is 5.65. The van der Waals surface area contributed by atoms with Crippen molar-refractivity contribution in [2.24, 2.45) is 0 Å². The molecule has 1 amide bonds. The molecular formula is C30H42N8O4. The number of nitrogens with one attached hydrogen (secondary N) is 2. The topological polar surface area (TPSA) is 119 Å². The van der Waals surface area contributed by atoms with Crippen LogP contribution in [0.25, 0.3) is 11.0 Å². The average Bonchev–Trinajstić information content (AvgIpc) is 3.42. The normalized spacial score (nSPS) is 20.5. The number of ether oxygens (including phenoxy) is 3. The van der Waals surface area contributed by atoms with Gasteiger partial charge in [0, 0.05) is 50.2 Å². The molecule has 3 aliphatic heterocycles. The minimum atomic E-state index is -0.507. The standard InChI is InChI=1S/C30H42N8O4/c1-30(2,3)42-29(39)37-13-11-22(12-14-37)32-26-24-20-31-38(25-6-4-5-17-41-25)27(24)35-28(34-26)33-21-7-9-23(10-8-21)36-15-18-40-19-16-36/h7-10,20,22,25H,4-6,11-19H2,1-3H3,(H2,32,33,34,35). The Morgan fingerprint density at radius 1 is 0.976 bits per heavy atom. The van der Waals surface area contributed by atoms with Gasteiger partial charge in [0.2, 0.25) is 5.95 Å². The van der Waals surface area contributed by atoms with Gasteiger partial charge in [-0.3, -0.25) is 0 Å². The van der Waals surface area contributed by atoms with Crippen LogP contribution in [0, 0.1) is 0 Å². The van der Waals surface area contributed by atoms with E-state index < -0.39 is 5.60 Å². The number of morpholine rings is 1. The van der Waals surface area contributed by atoms with Crippen molar-refractivity contribution in [2.75, 3.05) is 61.5 Å². The van der Waals surface area contributed by atoms with Gasteiger partial charge in [0.15, 0.2) is 11.9 Å². The molecule has 6 rings (SSSR count). The van der Waals surface area contributed by atoms with Gasteiger partial charge in [-0.1, -0.05) is 0 Å². The van der Waals surface area contributed by atoms with Crippen LogP contribution >= 0.6 is 0 Å². The van der Waals surface area contributed by atoms with Crippen molar-refractivity contribution in [3.63, 3.8) is 0 Å². The van der Waals surface area contributed by atoms with Gasteiger partial charge in [-0.05, 0) is 77.1 Å². The molecule has 5 heterocycles. The van der Waals surface area contributed by atoms with Crippen LogP contribution in [-0.2, 0) is 14.2 Å². The summed E-state index contributed by atoms with van der Waals surface area (Å²) in [6, 6.07) is 8.49. The SMILES string of the molecule is CC(C)(C)OC(=O)N1CCC(Nc2nc(Nc3ccc(N4CCOCC4)cc3)nc3c2cnn3C2CCCCO2)CC1. The first-order chi connectivity index (χ1) is 20.3. The van der Waals surface area contributed by atoms with Crippen molar-refractivity contribution in [3.05, 3.63) is 30.5 Å². The van der Waals surface area contributed by atoms with Gasteiger partial charge in [0.25, 0.3) is 0 Å². The summed E-state index contributed by atoms with van der Waals surface area (Å²) in [7, 11) is 0. The van der Waals surface area contributed by atoms with Crippen molar-refractivity contribution in [1.29, 1.82) is 0 Å². The fraction of sp³-hybridized carbons (Fsp3) is 0.600. The van der Waals surface area contributed by atoms with Crippen LogP contribution in [0.2, 0.25) is 0 Å². The van der Waals surface area contributed by atoms with Crippen molar-refractivity contribution in [1.82, 2.24) is 24.6 Å². The molecule has 0 saturated carbocycles. The number of hydrogen-bond acceptors (Lipinski definition) is 10. The summed E-state index contributed by atoms with van der Waals surface area (Å²) in [4.78, 5) is 26.5. The zero-order chi connectivity index (χ0) is 29.1. The van der Waals surface area contributed by atoms with Crippen LogP contribution in [-0.4, -0.2) is 88.4 Å². The van der Waals surface area contributed by atoms with E-state index in [1.807, 2.05) is 31.6 Å². The van der Waals surface area contributed by atoms with E-state index in [4.69, 9.17) is 24.2 Å². The Morgan fingerprint density at radius 3 is 2.43 bits per heavy atom. The third-order valence-corrected chi connectivity index (χ3v) is 7.87. The Balaban J connectivity index is 1.21. The number of piperidine rings is 1. The number of aromatic nitrogens is 4. The average molecular weight is 579 g/mol. The molecule has 3 aromatic rings. The lowest BCUT2D eigenvalue weighted by Crippen LogP contribution is -2.44. The first kappa shape index (κ1) is 28.5. The molecular weight excluding hydrogens is 536 g/mol. The molecule has 12 heteroatoms. The van der Waals surface area contributed by atoms with Crippen LogP contribution in [0.15, 0.2) is 30.5 Å². The molecule has 226 valence electrons. The summed E-state index contributed by atoms with van der Waals surface area (Å²) < 4.78 is 19.0. The highest BCUT2D eigenvalue weighted by Crippen LogP contribution is 2.31. The molecule has 12 nitrogen and oxygen atoms in total. The van der Waals surface area contributed by atoms with Gasteiger partial charge in [-0.15, -0.1) is 0 Å². The second-order valence-electron chi connectivity index (χ2n) is 12.2. The maximum Gasteiger partial charge on any atom is 0.410 e. The number of anilines is 4. The number of carbonyl (C=O) groups excluding carboxylic acids is 1. The lowest BCUT2D eigenvalue weighted by Gasteiger charge is -2.34. The predicted octanol–water partition coefficient (Wildman–Crippen LogP) is 4.92. The Hall–Kier alpha value is -3.64. The van der Waals surface area contributed by atoms with E-state index >= 15 is 0 Å². The van der Waals surface area contributed by atoms with Gasteiger partial charge >= 0.3 is 6.09 Å². The second-order valence-corrected chi connectivity index (χ2v) is 12.2. The molecule has 1 aromatic carbocycles. The minimum Gasteiger partial charge on any atom is -0.444 e. The first-order valence-electron chi connectivity index (χ1n) is 15.1. The summed E-state index contributed by atoms with van der Waals surface area (Å²) in [6.07, 6.45) is 6.06. The van der Waals surface area contributed by atoms with E-state index in [0.717, 1.165) is 87.6 Å². The molecule has 2 aromatic heterocycles. The molecule has 3 aliphatic rings. The van der Waals surface area contributed by atoms with Crippen LogP contribution in [0.4, 0.5) is 27.9 Å². The summed E-state index contributed by atoms with van der Waals surface area (Å²) >= 11 is 0. The zero-order valence-electron chi connectivity index (χ0n) is 24.8. The second kappa shape index (κ2) is 12.3. The summed E-state index contributed by atoms with van der Waals surface area (Å²) in [5.41, 5.74) is 2.31. The van der Waals surface area contributed by atoms with Crippen LogP contribution in [0.3, 0.4) is 0 Å². The number of amides is 1. The Bertz CT molecular complexity index is 1350. The van der Waals surface area contributed by atoms with Crippen molar-refractivity contribution in [3.8, 4) is 0 Å². The molecule has 42 heavy (non-hydrogen) atoms. The van der Waals surface area contributed by atoms with Crippen molar-refractivity contribution >= 4 is 40.3 Å². The maximum absolute atomic E-state index is 12.6. The Morgan fingerprint density at radius 2 is 1.74 bits per heavy atom. The molecule has 0 aliphatic carbocycles. The number of nitrogens with zero attached hydrogens (tertiary/aromatic N) is 6. The smallest absolute Gasteiger partial charge is 0.410 e. The molecule has 3 saturated heterocycles. The highest BCUT2D eigenvalue weighted by atomic mass is 16.6. The highest BCUT2D eigenvalue weighted by molar-refractivity contribution is 5.88. The molecule has 0 spiro atoms. The number of rotatable bonds is 6. The largest absolute Gasteiger partial charge is 0.444 e. The zero-order valence-corrected chi connectivity index (χ0v) is 24.8. The van der Waals surface area contributed by atoms with Gasteiger partial charge < -0.3 is 34.6 Å². The van der Waals surface area contributed by atoms with E-state index in [0.29, 0.717) is 19.0 Å². The van der Waals surface area contributed by atoms with E-state index in [9.17, 15) is 4.79 Å². The summed E-state index contributed by atoms with van der Waals surface area (Å²) in [5.74, 6) is 1.22. The van der Waals surface area contributed by atoms with E-state index in [-0.39, 0.29) is 18.4 Å². The molecule has 3 fully saturated rings. The monoisotopic (exact) mass is 578 g/mol. The van der Waals surface area contributed by atoms with Gasteiger partial charge in [0.1, 0.15) is 11.4 Å². The molecule has 2 N–H and O–H groups in total.